The predicted molar refractivity (Wildman–Crippen MR) is 137 cm³/mol. The molecule has 0 atom stereocenters. The number of benzene rings is 3. The van der Waals surface area contributed by atoms with Crippen LogP contribution >= 0.6 is 11.6 Å². The van der Waals surface area contributed by atoms with Gasteiger partial charge in [-0.15, -0.1) is 5.10 Å². The van der Waals surface area contributed by atoms with Crippen molar-refractivity contribution < 1.29 is 4.79 Å². The third-order valence-corrected chi connectivity index (χ3v) is 6.36. The van der Waals surface area contributed by atoms with Crippen molar-refractivity contribution in [3.8, 4) is 11.3 Å². The van der Waals surface area contributed by atoms with Crippen LogP contribution in [-0.2, 0) is 19.6 Å². The first-order valence-corrected chi connectivity index (χ1v) is 11.8. The molecule has 0 aliphatic heterocycles. The van der Waals surface area contributed by atoms with E-state index in [1.807, 2.05) is 89.2 Å². The standard InChI is InChI=1S/C27H25ClN6O/c1-3-34-25-14-13-20(15-24(25)29-31-34)27(35)32(2)16-22-18-33(17-21-11-7-8-12-23(21)28)30-26(22)19-9-5-4-6-10-19/h4-15,18H,3,16-17H2,1-2H3. The smallest absolute Gasteiger partial charge is 0.253 e. The lowest BCUT2D eigenvalue weighted by molar-refractivity contribution is 0.0785. The van der Waals surface area contributed by atoms with Crippen LogP contribution in [0.5, 0.6) is 0 Å². The number of fused-ring (bicyclic) bond motifs is 1. The van der Waals surface area contributed by atoms with Gasteiger partial charge in [-0.25, -0.2) is 4.68 Å². The summed E-state index contributed by atoms with van der Waals surface area (Å²) in [4.78, 5) is 15.0. The molecule has 0 saturated heterocycles. The SMILES string of the molecule is CCn1nnc2cc(C(=O)N(C)Cc3cn(Cc4ccccc4Cl)nc3-c3ccccc3)ccc21. The largest absolute Gasteiger partial charge is 0.337 e. The molecule has 0 aliphatic rings. The van der Waals surface area contributed by atoms with E-state index in [0.29, 0.717) is 29.2 Å². The Morgan fingerprint density at radius 2 is 1.77 bits per heavy atom. The molecule has 0 N–H and O–H groups in total. The normalized spacial score (nSPS) is 11.2. The second-order valence-corrected chi connectivity index (χ2v) is 8.84. The Labute approximate surface area is 208 Å². The van der Waals surface area contributed by atoms with Gasteiger partial charge in [0.05, 0.1) is 17.8 Å². The van der Waals surface area contributed by atoms with E-state index < -0.39 is 0 Å². The van der Waals surface area contributed by atoms with Gasteiger partial charge in [0.15, 0.2) is 0 Å². The molecule has 176 valence electrons. The first kappa shape index (κ1) is 22.8. The molecule has 3 aromatic carbocycles. The van der Waals surface area contributed by atoms with E-state index in [-0.39, 0.29) is 5.91 Å². The summed E-state index contributed by atoms with van der Waals surface area (Å²) in [7, 11) is 1.80. The van der Waals surface area contributed by atoms with Gasteiger partial charge in [-0.1, -0.05) is 65.3 Å². The Kier molecular flexibility index (Phi) is 6.33. The first-order chi connectivity index (χ1) is 17.0. The van der Waals surface area contributed by atoms with Crippen LogP contribution in [0.1, 0.15) is 28.4 Å². The molecule has 7 nitrogen and oxygen atoms in total. The van der Waals surface area contributed by atoms with E-state index in [0.717, 1.165) is 34.4 Å². The number of nitrogens with zero attached hydrogens (tertiary/aromatic N) is 6. The summed E-state index contributed by atoms with van der Waals surface area (Å²) in [6.45, 7) is 3.69. The lowest BCUT2D eigenvalue weighted by Gasteiger charge is -2.17. The van der Waals surface area contributed by atoms with E-state index in [1.54, 1.807) is 18.0 Å². The molecule has 35 heavy (non-hydrogen) atoms. The summed E-state index contributed by atoms with van der Waals surface area (Å²) < 4.78 is 3.69. The van der Waals surface area contributed by atoms with Crippen molar-refractivity contribution in [2.45, 2.75) is 26.6 Å². The minimum Gasteiger partial charge on any atom is -0.337 e. The van der Waals surface area contributed by atoms with E-state index >= 15 is 0 Å². The molecular formula is C27H25ClN6O. The molecule has 0 aliphatic carbocycles. The Bertz CT molecular complexity index is 1490. The van der Waals surface area contributed by atoms with E-state index in [9.17, 15) is 4.79 Å². The fourth-order valence-corrected chi connectivity index (χ4v) is 4.38. The quantitative estimate of drug-likeness (QED) is 0.315. The number of rotatable bonds is 7. The molecule has 8 heteroatoms. The summed E-state index contributed by atoms with van der Waals surface area (Å²) in [5.74, 6) is -0.0872. The predicted octanol–water partition coefficient (Wildman–Crippen LogP) is 5.29. The van der Waals surface area contributed by atoms with Crippen molar-refractivity contribution in [1.29, 1.82) is 0 Å². The molecule has 1 amide bonds. The number of aryl methyl sites for hydroxylation is 1. The van der Waals surface area contributed by atoms with Crippen LogP contribution in [-0.4, -0.2) is 42.6 Å². The van der Waals surface area contributed by atoms with Gasteiger partial charge >= 0.3 is 0 Å². The summed E-state index contributed by atoms with van der Waals surface area (Å²) in [6.07, 6.45) is 1.99. The first-order valence-electron chi connectivity index (χ1n) is 11.5. The summed E-state index contributed by atoms with van der Waals surface area (Å²) >= 11 is 6.38. The maximum atomic E-state index is 13.3. The Morgan fingerprint density at radius 1 is 1.00 bits per heavy atom. The molecule has 0 fully saturated rings. The average molecular weight is 485 g/mol. The Balaban J connectivity index is 1.43. The van der Waals surface area contributed by atoms with Gasteiger partial charge < -0.3 is 4.90 Å². The summed E-state index contributed by atoms with van der Waals surface area (Å²) in [6, 6.07) is 23.3. The maximum absolute atomic E-state index is 13.3. The van der Waals surface area contributed by atoms with Crippen LogP contribution in [0.2, 0.25) is 5.02 Å². The number of carbonyl (C=O) groups excluding carboxylic acids is 1. The van der Waals surface area contributed by atoms with Crippen molar-refractivity contribution in [3.05, 3.63) is 101 Å². The van der Waals surface area contributed by atoms with Crippen LogP contribution in [0.15, 0.2) is 79.0 Å². The zero-order valence-corrected chi connectivity index (χ0v) is 20.4. The van der Waals surface area contributed by atoms with Crippen molar-refractivity contribution in [2.24, 2.45) is 0 Å². The molecule has 0 bridgehead atoms. The molecular weight excluding hydrogens is 460 g/mol. The number of hydrogen-bond acceptors (Lipinski definition) is 4. The fraction of sp³-hybridized carbons (Fsp3) is 0.185. The minimum absolute atomic E-state index is 0.0872. The van der Waals surface area contributed by atoms with Crippen LogP contribution in [0.3, 0.4) is 0 Å². The number of halogens is 1. The van der Waals surface area contributed by atoms with Crippen LogP contribution < -0.4 is 0 Å². The van der Waals surface area contributed by atoms with Crippen LogP contribution in [0.25, 0.3) is 22.3 Å². The van der Waals surface area contributed by atoms with Crippen molar-refractivity contribution in [3.63, 3.8) is 0 Å². The van der Waals surface area contributed by atoms with Crippen molar-refractivity contribution in [2.75, 3.05) is 7.05 Å². The van der Waals surface area contributed by atoms with Crippen LogP contribution in [0.4, 0.5) is 0 Å². The highest BCUT2D eigenvalue weighted by Gasteiger charge is 2.19. The zero-order valence-electron chi connectivity index (χ0n) is 19.6. The number of aromatic nitrogens is 5. The topological polar surface area (TPSA) is 68.8 Å². The van der Waals surface area contributed by atoms with Gasteiger partial charge in [0.25, 0.3) is 5.91 Å². The zero-order chi connectivity index (χ0) is 24.4. The lowest BCUT2D eigenvalue weighted by Crippen LogP contribution is -2.26. The van der Waals surface area contributed by atoms with Gasteiger partial charge in [-0.2, -0.15) is 5.10 Å². The monoisotopic (exact) mass is 484 g/mol. The second-order valence-electron chi connectivity index (χ2n) is 8.43. The second kappa shape index (κ2) is 9.72. The van der Waals surface area contributed by atoms with Crippen molar-refractivity contribution >= 4 is 28.5 Å². The lowest BCUT2D eigenvalue weighted by atomic mass is 10.1. The molecule has 0 spiro atoms. The third-order valence-electron chi connectivity index (χ3n) is 5.99. The highest BCUT2D eigenvalue weighted by molar-refractivity contribution is 6.31. The average Bonchev–Trinajstić information content (AvgIpc) is 3.48. The molecule has 0 radical (unpaired) electrons. The van der Waals surface area contributed by atoms with Gasteiger partial charge in [0.1, 0.15) is 5.52 Å². The summed E-state index contributed by atoms with van der Waals surface area (Å²) in [5.41, 5.74) is 5.99. The number of carbonyl (C=O) groups is 1. The van der Waals surface area contributed by atoms with Crippen molar-refractivity contribution in [1.82, 2.24) is 29.7 Å². The summed E-state index contributed by atoms with van der Waals surface area (Å²) in [5, 5.41) is 13.9. The Hall–Kier alpha value is -3.97. The molecule has 5 aromatic rings. The van der Waals surface area contributed by atoms with Gasteiger partial charge in [0, 0.05) is 48.0 Å². The van der Waals surface area contributed by atoms with E-state index in [1.165, 1.54) is 0 Å². The molecule has 2 heterocycles. The fourth-order valence-electron chi connectivity index (χ4n) is 4.19. The highest BCUT2D eigenvalue weighted by atomic mass is 35.5. The van der Waals surface area contributed by atoms with E-state index in [4.69, 9.17) is 16.7 Å². The highest BCUT2D eigenvalue weighted by Crippen LogP contribution is 2.25. The Morgan fingerprint density at radius 3 is 2.54 bits per heavy atom. The minimum atomic E-state index is -0.0872. The number of amides is 1. The van der Waals surface area contributed by atoms with Gasteiger partial charge in [0.2, 0.25) is 0 Å². The molecule has 5 rings (SSSR count). The molecule has 0 unspecified atom stereocenters. The molecule has 2 aromatic heterocycles. The van der Waals surface area contributed by atoms with Crippen LogP contribution in [0, 0.1) is 0 Å². The van der Waals surface area contributed by atoms with Gasteiger partial charge in [-0.3, -0.25) is 9.48 Å². The van der Waals surface area contributed by atoms with Gasteiger partial charge in [-0.05, 0) is 36.8 Å². The molecule has 0 saturated carbocycles. The third kappa shape index (κ3) is 4.68. The number of hydrogen-bond donors (Lipinski definition) is 0. The van der Waals surface area contributed by atoms with E-state index in [2.05, 4.69) is 10.3 Å². The maximum Gasteiger partial charge on any atom is 0.253 e.